The van der Waals surface area contributed by atoms with Crippen LogP contribution in [0.15, 0.2) is 0 Å². The Hall–Kier alpha value is -1.04. The number of hydrogen-bond acceptors (Lipinski definition) is 2. The molecule has 0 saturated heterocycles. The summed E-state index contributed by atoms with van der Waals surface area (Å²) >= 11 is 0. The summed E-state index contributed by atoms with van der Waals surface area (Å²) in [4.78, 5) is 11.8. The number of hydrogen-bond donors (Lipinski definition) is 1. The maximum Gasteiger partial charge on any atom is 0.224 e. The minimum absolute atomic E-state index is 0.0923. The summed E-state index contributed by atoms with van der Waals surface area (Å²) in [5, 5.41) is 11.7. The largest absolute Gasteiger partial charge is 0.340 e. The summed E-state index contributed by atoms with van der Waals surface area (Å²) in [5.74, 6) is 0.251. The molecule has 1 atom stereocenters. The lowest BCUT2D eigenvalue weighted by molar-refractivity contribution is -0.126. The van der Waals surface area contributed by atoms with Crippen LogP contribution in [0.4, 0.5) is 0 Å². The molecule has 1 rings (SSSR count). The van der Waals surface area contributed by atoms with Gasteiger partial charge in [0.05, 0.1) is 6.07 Å². The van der Waals surface area contributed by atoms with Crippen molar-refractivity contribution >= 4 is 5.91 Å². The lowest BCUT2D eigenvalue weighted by Crippen LogP contribution is -2.38. The van der Waals surface area contributed by atoms with Crippen LogP contribution in [-0.4, -0.2) is 11.9 Å². The van der Waals surface area contributed by atoms with Gasteiger partial charge in [-0.2, -0.15) is 5.26 Å². The second kappa shape index (κ2) is 6.44. The molecule has 1 aliphatic rings. The summed E-state index contributed by atoms with van der Waals surface area (Å²) in [6.07, 6.45) is 7.25. The van der Waals surface area contributed by atoms with E-state index in [-0.39, 0.29) is 17.9 Å². The molecule has 15 heavy (non-hydrogen) atoms. The highest BCUT2D eigenvalue weighted by molar-refractivity contribution is 5.79. The average molecular weight is 208 g/mol. The lowest BCUT2D eigenvalue weighted by Gasteiger charge is -2.22. The fourth-order valence-corrected chi connectivity index (χ4v) is 2.11. The molecular formula is C12H20N2O. The van der Waals surface area contributed by atoms with Crippen molar-refractivity contribution < 1.29 is 4.79 Å². The molecule has 0 spiro atoms. The number of nitrogens with zero attached hydrogens (tertiary/aromatic N) is 1. The van der Waals surface area contributed by atoms with E-state index in [0.29, 0.717) is 0 Å². The summed E-state index contributed by atoms with van der Waals surface area (Å²) in [5.41, 5.74) is 0. The topological polar surface area (TPSA) is 52.9 Å². The molecule has 84 valence electrons. The van der Waals surface area contributed by atoms with Crippen molar-refractivity contribution in [3.8, 4) is 6.07 Å². The van der Waals surface area contributed by atoms with Gasteiger partial charge in [0.25, 0.3) is 0 Å². The standard InChI is InChI=1S/C12H20N2O/c1-2-6-11(9-13)14-12(15)10-7-4-3-5-8-10/h10-11H,2-8H2,1H3,(H,14,15). The van der Waals surface area contributed by atoms with Gasteiger partial charge in [-0.15, -0.1) is 0 Å². The van der Waals surface area contributed by atoms with E-state index in [4.69, 9.17) is 5.26 Å². The fourth-order valence-electron chi connectivity index (χ4n) is 2.11. The van der Waals surface area contributed by atoms with Gasteiger partial charge in [-0.3, -0.25) is 4.79 Å². The molecule has 1 amide bonds. The number of amides is 1. The number of nitriles is 1. The van der Waals surface area contributed by atoms with Crippen LogP contribution in [0.2, 0.25) is 0 Å². The van der Waals surface area contributed by atoms with Gasteiger partial charge in [-0.25, -0.2) is 0 Å². The third kappa shape index (κ3) is 3.91. The molecule has 0 aromatic heterocycles. The predicted octanol–water partition coefficient (Wildman–Crippen LogP) is 2.38. The van der Waals surface area contributed by atoms with Crippen molar-refractivity contribution in [2.45, 2.75) is 57.9 Å². The third-order valence-electron chi connectivity index (χ3n) is 3.03. The van der Waals surface area contributed by atoms with Crippen LogP contribution in [-0.2, 0) is 4.79 Å². The van der Waals surface area contributed by atoms with Crippen molar-refractivity contribution in [2.24, 2.45) is 5.92 Å². The van der Waals surface area contributed by atoms with Crippen molar-refractivity contribution in [2.75, 3.05) is 0 Å². The lowest BCUT2D eigenvalue weighted by atomic mass is 9.88. The Labute approximate surface area is 91.9 Å². The second-order valence-corrected chi connectivity index (χ2v) is 4.31. The SMILES string of the molecule is CCCC(C#N)NC(=O)C1CCCCC1. The molecule has 1 saturated carbocycles. The quantitative estimate of drug-likeness (QED) is 0.771. The highest BCUT2D eigenvalue weighted by Crippen LogP contribution is 2.23. The molecule has 0 bridgehead atoms. The van der Waals surface area contributed by atoms with E-state index < -0.39 is 0 Å². The van der Waals surface area contributed by atoms with Crippen molar-refractivity contribution in [3.05, 3.63) is 0 Å². The van der Waals surface area contributed by atoms with Gasteiger partial charge in [0.15, 0.2) is 0 Å². The molecule has 1 aliphatic carbocycles. The van der Waals surface area contributed by atoms with Gasteiger partial charge in [-0.1, -0.05) is 32.6 Å². The Kier molecular flexibility index (Phi) is 5.17. The van der Waals surface area contributed by atoms with Gasteiger partial charge >= 0.3 is 0 Å². The Morgan fingerprint density at radius 1 is 1.47 bits per heavy atom. The first-order valence-corrected chi connectivity index (χ1v) is 5.98. The van der Waals surface area contributed by atoms with E-state index in [1.54, 1.807) is 0 Å². The number of nitrogens with one attached hydrogen (secondary N) is 1. The first-order chi connectivity index (χ1) is 7.27. The first kappa shape index (κ1) is 12.0. The van der Waals surface area contributed by atoms with Crippen LogP contribution in [0.3, 0.4) is 0 Å². The van der Waals surface area contributed by atoms with Crippen LogP contribution >= 0.6 is 0 Å². The van der Waals surface area contributed by atoms with Crippen LogP contribution in [0.5, 0.6) is 0 Å². The molecule has 3 nitrogen and oxygen atoms in total. The maximum atomic E-state index is 11.8. The molecule has 0 aromatic carbocycles. The molecule has 1 fully saturated rings. The van der Waals surface area contributed by atoms with Gasteiger partial charge < -0.3 is 5.32 Å². The summed E-state index contributed by atoms with van der Waals surface area (Å²) in [6.45, 7) is 2.02. The van der Waals surface area contributed by atoms with Crippen molar-refractivity contribution in [1.29, 1.82) is 5.26 Å². The first-order valence-electron chi connectivity index (χ1n) is 5.98. The Morgan fingerprint density at radius 3 is 2.67 bits per heavy atom. The van der Waals surface area contributed by atoms with Crippen LogP contribution in [0, 0.1) is 17.2 Å². The van der Waals surface area contributed by atoms with Crippen LogP contribution < -0.4 is 5.32 Å². The molecular weight excluding hydrogens is 188 g/mol. The van der Waals surface area contributed by atoms with E-state index in [0.717, 1.165) is 38.5 Å². The third-order valence-corrected chi connectivity index (χ3v) is 3.03. The smallest absolute Gasteiger partial charge is 0.224 e. The van der Waals surface area contributed by atoms with Crippen LogP contribution in [0.25, 0.3) is 0 Å². The van der Waals surface area contributed by atoms with Crippen molar-refractivity contribution in [1.82, 2.24) is 5.32 Å². The fraction of sp³-hybridized carbons (Fsp3) is 0.833. The zero-order chi connectivity index (χ0) is 11.1. The predicted molar refractivity (Wildman–Crippen MR) is 59.0 cm³/mol. The van der Waals surface area contributed by atoms with E-state index >= 15 is 0 Å². The van der Waals surface area contributed by atoms with E-state index in [2.05, 4.69) is 11.4 Å². The average Bonchev–Trinajstić information content (AvgIpc) is 2.29. The van der Waals surface area contributed by atoms with Gasteiger partial charge in [-0.05, 0) is 19.3 Å². The molecule has 0 radical (unpaired) electrons. The van der Waals surface area contributed by atoms with Gasteiger partial charge in [0.2, 0.25) is 5.91 Å². The highest BCUT2D eigenvalue weighted by atomic mass is 16.1. The monoisotopic (exact) mass is 208 g/mol. The Bertz CT molecular complexity index is 238. The molecule has 0 aromatic rings. The van der Waals surface area contributed by atoms with E-state index in [1.165, 1.54) is 6.42 Å². The maximum absolute atomic E-state index is 11.8. The Balaban J connectivity index is 2.36. The normalized spacial score (nSPS) is 19.2. The molecule has 1 unspecified atom stereocenters. The van der Waals surface area contributed by atoms with Crippen molar-refractivity contribution in [3.63, 3.8) is 0 Å². The Morgan fingerprint density at radius 2 is 2.13 bits per heavy atom. The minimum atomic E-state index is -0.288. The number of carbonyl (C=O) groups excluding carboxylic acids is 1. The summed E-state index contributed by atoms with van der Waals surface area (Å²) in [6, 6.07) is 1.85. The zero-order valence-electron chi connectivity index (χ0n) is 9.46. The van der Waals surface area contributed by atoms with Gasteiger partial charge in [0, 0.05) is 5.92 Å². The van der Waals surface area contributed by atoms with E-state index in [1.807, 2.05) is 6.92 Å². The van der Waals surface area contributed by atoms with Gasteiger partial charge in [0.1, 0.15) is 6.04 Å². The summed E-state index contributed by atoms with van der Waals surface area (Å²) < 4.78 is 0. The molecule has 1 N–H and O–H groups in total. The van der Waals surface area contributed by atoms with E-state index in [9.17, 15) is 4.79 Å². The highest BCUT2D eigenvalue weighted by Gasteiger charge is 2.22. The molecule has 0 aliphatic heterocycles. The second-order valence-electron chi connectivity index (χ2n) is 4.31. The summed E-state index contributed by atoms with van der Waals surface area (Å²) in [7, 11) is 0. The minimum Gasteiger partial charge on any atom is -0.340 e. The zero-order valence-corrected chi connectivity index (χ0v) is 9.46. The number of carbonyl (C=O) groups is 1. The molecule has 0 heterocycles. The molecule has 3 heteroatoms. The number of rotatable bonds is 4. The van der Waals surface area contributed by atoms with Crippen LogP contribution in [0.1, 0.15) is 51.9 Å².